The van der Waals surface area contributed by atoms with Crippen molar-refractivity contribution in [3.63, 3.8) is 0 Å². The van der Waals surface area contributed by atoms with E-state index < -0.39 is 9.84 Å². The Morgan fingerprint density at radius 3 is 1.76 bits per heavy atom. The van der Waals surface area contributed by atoms with Crippen molar-refractivity contribution in [1.29, 1.82) is 0 Å². The molecule has 0 unspecified atom stereocenters. The summed E-state index contributed by atoms with van der Waals surface area (Å²) in [7, 11) is -3.54. The smallest absolute Gasteiger partial charge is 0.206 e. The quantitative estimate of drug-likeness (QED) is 0.278. The van der Waals surface area contributed by atoms with Crippen LogP contribution in [0.4, 0.5) is 0 Å². The van der Waals surface area contributed by atoms with Crippen LogP contribution < -0.4 is 0 Å². The maximum atomic E-state index is 13.0. The van der Waals surface area contributed by atoms with Gasteiger partial charge in [-0.25, -0.2) is 8.42 Å². The number of hydrogen-bond acceptors (Lipinski definition) is 2. The highest BCUT2D eigenvalue weighted by molar-refractivity contribution is 7.91. The van der Waals surface area contributed by atoms with Crippen LogP contribution in [0.5, 0.6) is 0 Å². The Morgan fingerprint density at radius 1 is 0.471 bits per heavy atom. The highest BCUT2D eigenvalue weighted by atomic mass is 32.2. The van der Waals surface area contributed by atoms with Crippen LogP contribution in [-0.4, -0.2) is 13.0 Å². The minimum absolute atomic E-state index is 0.293. The molecule has 3 nitrogen and oxygen atoms in total. The zero-order valence-corrected chi connectivity index (χ0v) is 19.1. The van der Waals surface area contributed by atoms with Gasteiger partial charge in [0, 0.05) is 16.5 Å². The molecule has 0 N–H and O–H groups in total. The van der Waals surface area contributed by atoms with Crippen LogP contribution in [0.1, 0.15) is 0 Å². The van der Waals surface area contributed by atoms with Gasteiger partial charge in [0.2, 0.25) is 9.84 Å². The Morgan fingerprint density at radius 2 is 1.03 bits per heavy atom. The maximum absolute atomic E-state index is 13.0. The molecule has 0 aliphatic rings. The lowest BCUT2D eigenvalue weighted by molar-refractivity contribution is 0.596. The van der Waals surface area contributed by atoms with E-state index in [2.05, 4.69) is 59.2 Å². The average Bonchev–Trinajstić information content (AvgIpc) is 3.23. The molecule has 6 rings (SSSR count). The van der Waals surface area contributed by atoms with E-state index in [-0.39, 0.29) is 0 Å². The summed E-state index contributed by atoms with van der Waals surface area (Å²) in [6, 6.07) is 40.9. The zero-order chi connectivity index (χ0) is 23.1. The van der Waals surface area contributed by atoms with E-state index in [1.807, 2.05) is 36.4 Å². The number of aromatic nitrogens is 1. The number of fused-ring (bicyclic) bond motifs is 3. The number of rotatable bonds is 4. The first-order chi connectivity index (χ1) is 16.6. The minimum Gasteiger partial charge on any atom is -0.309 e. The molecule has 0 saturated carbocycles. The summed E-state index contributed by atoms with van der Waals surface area (Å²) in [6.07, 6.45) is 0. The fourth-order valence-electron chi connectivity index (χ4n) is 4.57. The molecule has 0 bridgehead atoms. The van der Waals surface area contributed by atoms with Crippen LogP contribution >= 0.6 is 0 Å². The summed E-state index contributed by atoms with van der Waals surface area (Å²) >= 11 is 0. The molecule has 0 saturated heterocycles. The first-order valence-electron chi connectivity index (χ1n) is 11.1. The summed E-state index contributed by atoms with van der Waals surface area (Å²) in [4.78, 5) is 0.596. The molecule has 0 aliphatic heterocycles. The van der Waals surface area contributed by atoms with Crippen LogP contribution in [0.25, 0.3) is 38.6 Å². The van der Waals surface area contributed by atoms with E-state index in [1.165, 1.54) is 10.8 Å². The first kappa shape index (κ1) is 20.5. The molecule has 34 heavy (non-hydrogen) atoms. The third kappa shape index (κ3) is 3.31. The van der Waals surface area contributed by atoms with Gasteiger partial charge in [0.15, 0.2) is 0 Å². The second-order valence-electron chi connectivity index (χ2n) is 8.26. The number of sulfone groups is 1. The van der Waals surface area contributed by atoms with Gasteiger partial charge < -0.3 is 4.57 Å². The van der Waals surface area contributed by atoms with Gasteiger partial charge in [-0.2, -0.15) is 0 Å². The summed E-state index contributed by atoms with van der Waals surface area (Å²) in [5.41, 5.74) is 5.39. The molecule has 0 amide bonds. The Bertz CT molecular complexity index is 1740. The third-order valence-corrected chi connectivity index (χ3v) is 8.03. The van der Waals surface area contributed by atoms with Gasteiger partial charge in [0.05, 0.1) is 20.8 Å². The molecule has 0 aliphatic carbocycles. The van der Waals surface area contributed by atoms with Gasteiger partial charge in [-0.1, -0.05) is 78.9 Å². The molecule has 1 aromatic heterocycles. The van der Waals surface area contributed by atoms with Crippen molar-refractivity contribution < 1.29 is 8.42 Å². The van der Waals surface area contributed by atoms with Crippen molar-refractivity contribution in [1.82, 2.24) is 4.57 Å². The molecule has 164 valence electrons. The molecule has 0 fully saturated rings. The molecule has 0 radical (unpaired) electrons. The van der Waals surface area contributed by atoms with E-state index >= 15 is 0 Å². The second-order valence-corrected chi connectivity index (χ2v) is 10.2. The monoisotopic (exact) mass is 459 g/mol. The van der Waals surface area contributed by atoms with Gasteiger partial charge in [-0.3, -0.25) is 0 Å². The van der Waals surface area contributed by atoms with E-state index in [0.29, 0.717) is 9.79 Å². The van der Waals surface area contributed by atoms with Crippen LogP contribution in [0.3, 0.4) is 0 Å². The lowest BCUT2D eigenvalue weighted by Gasteiger charge is -2.09. The van der Waals surface area contributed by atoms with Gasteiger partial charge in [0.1, 0.15) is 0 Å². The van der Waals surface area contributed by atoms with E-state index in [0.717, 1.165) is 27.8 Å². The van der Waals surface area contributed by atoms with Gasteiger partial charge in [-0.15, -0.1) is 0 Å². The lowest BCUT2D eigenvalue weighted by Crippen LogP contribution is -2.01. The normalized spacial score (nSPS) is 11.8. The van der Waals surface area contributed by atoms with Crippen molar-refractivity contribution in [2.45, 2.75) is 9.79 Å². The van der Waals surface area contributed by atoms with Gasteiger partial charge >= 0.3 is 0 Å². The summed E-state index contributed by atoms with van der Waals surface area (Å²) in [5, 5.41) is 2.39. The average molecular weight is 460 g/mol. The predicted molar refractivity (Wildman–Crippen MR) is 138 cm³/mol. The lowest BCUT2D eigenvalue weighted by atomic mass is 10.0. The molecular weight excluding hydrogens is 438 g/mol. The molecule has 1 heterocycles. The Balaban J connectivity index is 1.48. The van der Waals surface area contributed by atoms with Crippen LogP contribution in [0, 0.1) is 0 Å². The molecule has 0 spiro atoms. The standard InChI is InChI=1S/C30H21NO2S/c32-34(33,25-11-5-2-6-12-25)26-18-15-22(16-19-26)23-17-20-28-27-13-7-8-14-29(27)31(30(28)21-23)24-9-3-1-4-10-24/h1-21H. The van der Waals surface area contributed by atoms with Crippen molar-refractivity contribution in [3.8, 4) is 16.8 Å². The highest BCUT2D eigenvalue weighted by Crippen LogP contribution is 2.35. The molecule has 6 aromatic rings. The van der Waals surface area contributed by atoms with E-state index in [1.54, 1.807) is 36.4 Å². The van der Waals surface area contributed by atoms with Crippen LogP contribution in [0.2, 0.25) is 0 Å². The fraction of sp³-hybridized carbons (Fsp3) is 0. The number of para-hydroxylation sites is 2. The Hall–Kier alpha value is -4.15. The maximum Gasteiger partial charge on any atom is 0.206 e. The highest BCUT2D eigenvalue weighted by Gasteiger charge is 2.17. The van der Waals surface area contributed by atoms with E-state index in [4.69, 9.17) is 0 Å². The fourth-order valence-corrected chi connectivity index (χ4v) is 5.85. The number of hydrogen-bond donors (Lipinski definition) is 0. The third-order valence-electron chi connectivity index (χ3n) is 6.24. The van der Waals surface area contributed by atoms with Gasteiger partial charge in [0.25, 0.3) is 0 Å². The Labute approximate surface area is 198 Å². The summed E-state index contributed by atoms with van der Waals surface area (Å²) in [5.74, 6) is 0. The van der Waals surface area contributed by atoms with Crippen molar-refractivity contribution in [2.75, 3.05) is 0 Å². The zero-order valence-electron chi connectivity index (χ0n) is 18.3. The Kier molecular flexibility index (Phi) is 4.82. The number of nitrogens with zero attached hydrogens (tertiary/aromatic N) is 1. The summed E-state index contributed by atoms with van der Waals surface area (Å²) < 4.78 is 28.2. The van der Waals surface area contributed by atoms with Crippen molar-refractivity contribution in [2.24, 2.45) is 0 Å². The first-order valence-corrected chi connectivity index (χ1v) is 12.6. The van der Waals surface area contributed by atoms with Crippen LogP contribution in [0.15, 0.2) is 137 Å². The van der Waals surface area contributed by atoms with Crippen molar-refractivity contribution in [3.05, 3.63) is 127 Å². The molecular formula is C30H21NO2S. The topological polar surface area (TPSA) is 39.1 Å². The molecule has 5 aromatic carbocycles. The number of benzene rings is 5. The SMILES string of the molecule is O=S(=O)(c1ccccc1)c1ccc(-c2ccc3c4ccccc4n(-c4ccccc4)c3c2)cc1. The van der Waals surface area contributed by atoms with Crippen molar-refractivity contribution >= 4 is 31.6 Å². The molecule has 0 atom stereocenters. The second kappa shape index (κ2) is 8.01. The van der Waals surface area contributed by atoms with Gasteiger partial charge in [-0.05, 0) is 59.7 Å². The molecule has 4 heteroatoms. The summed E-state index contributed by atoms with van der Waals surface area (Å²) in [6.45, 7) is 0. The largest absolute Gasteiger partial charge is 0.309 e. The predicted octanol–water partition coefficient (Wildman–Crippen LogP) is 7.28. The van der Waals surface area contributed by atoms with Crippen LogP contribution in [-0.2, 0) is 9.84 Å². The van der Waals surface area contributed by atoms with E-state index in [9.17, 15) is 8.42 Å². The minimum atomic E-state index is -3.54.